The van der Waals surface area contributed by atoms with Crippen LogP contribution in [0.4, 0.5) is 0 Å². The van der Waals surface area contributed by atoms with Crippen molar-refractivity contribution in [2.45, 2.75) is 78.6 Å². The highest BCUT2D eigenvalue weighted by atomic mass is 16.1. The van der Waals surface area contributed by atoms with Crippen LogP contribution in [0, 0.1) is 34.0 Å². The van der Waals surface area contributed by atoms with E-state index in [1.165, 1.54) is 19.3 Å². The van der Waals surface area contributed by atoms with Gasteiger partial charge in [-0.05, 0) is 67.1 Å². The van der Waals surface area contributed by atoms with Gasteiger partial charge in [0.2, 0.25) is 0 Å². The molecule has 0 aromatic rings. The molecule has 4 aliphatic carbocycles. The van der Waals surface area contributed by atoms with E-state index in [1.807, 2.05) is 0 Å². The van der Waals surface area contributed by atoms with Crippen molar-refractivity contribution >= 4 is 11.6 Å². The van der Waals surface area contributed by atoms with E-state index in [0.29, 0.717) is 22.9 Å². The lowest BCUT2D eigenvalue weighted by Crippen LogP contribution is -2.57. The number of fused-ring (bicyclic) bond motifs is 5. The number of hydrogen-bond donors (Lipinski definition) is 0. The largest absolute Gasteiger partial charge is 0.300 e. The van der Waals surface area contributed by atoms with Crippen molar-refractivity contribution < 1.29 is 9.59 Å². The van der Waals surface area contributed by atoms with Gasteiger partial charge in [0.05, 0.1) is 0 Å². The normalized spacial score (nSPS) is 54.6. The van der Waals surface area contributed by atoms with Crippen molar-refractivity contribution in [2.75, 3.05) is 0 Å². The number of ketones is 2. The van der Waals surface area contributed by atoms with Crippen LogP contribution in [0.15, 0.2) is 0 Å². The number of Topliss-reactive ketones (excluding diaryl/α,β-unsaturated/α-hetero) is 2. The molecule has 4 rings (SSSR count). The Morgan fingerprint density at radius 1 is 0.864 bits per heavy atom. The molecule has 2 heteroatoms. The third kappa shape index (κ3) is 1.67. The lowest BCUT2D eigenvalue weighted by atomic mass is 9.41. The molecule has 0 aromatic heterocycles. The highest BCUT2D eigenvalue weighted by Crippen LogP contribution is 2.68. The van der Waals surface area contributed by atoms with Gasteiger partial charge >= 0.3 is 0 Å². The van der Waals surface area contributed by atoms with Crippen LogP contribution >= 0.6 is 0 Å². The van der Waals surface area contributed by atoms with Crippen LogP contribution in [0.3, 0.4) is 0 Å². The lowest BCUT2D eigenvalue weighted by Gasteiger charge is -2.63. The van der Waals surface area contributed by atoms with Gasteiger partial charge < -0.3 is 0 Å². The number of carbonyl (C=O) groups excluding carboxylic acids is 2. The monoisotopic (exact) mass is 302 g/mol. The summed E-state index contributed by atoms with van der Waals surface area (Å²) < 4.78 is 0. The molecule has 2 nitrogen and oxygen atoms in total. The van der Waals surface area contributed by atoms with Gasteiger partial charge in [-0.1, -0.05) is 20.8 Å². The fourth-order valence-electron chi connectivity index (χ4n) is 7.17. The van der Waals surface area contributed by atoms with Crippen molar-refractivity contribution in [1.29, 1.82) is 0 Å². The molecule has 1 unspecified atom stereocenters. The van der Waals surface area contributed by atoms with Crippen molar-refractivity contribution in [2.24, 2.45) is 34.0 Å². The zero-order valence-electron chi connectivity index (χ0n) is 14.4. The summed E-state index contributed by atoms with van der Waals surface area (Å²) in [7, 11) is 0. The molecule has 0 aromatic carbocycles. The highest BCUT2D eigenvalue weighted by Gasteiger charge is 2.63. The molecule has 4 fully saturated rings. The summed E-state index contributed by atoms with van der Waals surface area (Å²) in [6, 6.07) is 0. The zero-order chi connectivity index (χ0) is 15.8. The summed E-state index contributed by atoms with van der Waals surface area (Å²) in [5.74, 6) is 3.11. The Bertz CT molecular complexity index is 538. The van der Waals surface area contributed by atoms with E-state index in [4.69, 9.17) is 0 Å². The Balaban J connectivity index is 1.69. The Morgan fingerprint density at radius 3 is 2.41 bits per heavy atom. The average Bonchev–Trinajstić information content (AvgIpc) is 2.76. The molecule has 0 bridgehead atoms. The molecule has 4 saturated carbocycles. The fourth-order valence-corrected chi connectivity index (χ4v) is 7.17. The van der Waals surface area contributed by atoms with E-state index in [9.17, 15) is 9.59 Å². The summed E-state index contributed by atoms with van der Waals surface area (Å²) in [6.45, 7) is 7.12. The minimum absolute atomic E-state index is 0.0181. The fraction of sp³-hybridized carbons (Fsp3) is 0.900. The number of rotatable bonds is 0. The van der Waals surface area contributed by atoms with Crippen LogP contribution < -0.4 is 0 Å². The molecule has 6 atom stereocenters. The van der Waals surface area contributed by atoms with E-state index in [1.54, 1.807) is 0 Å². The SMILES string of the molecule is CC12CC[C@H]3[C@@H]4CCC(=O)[C@@]4(C)CC[C@@H]3[C@@]1(C)CCC(=O)C2. The first-order valence-electron chi connectivity index (χ1n) is 9.35. The minimum Gasteiger partial charge on any atom is -0.300 e. The highest BCUT2D eigenvalue weighted by molar-refractivity contribution is 5.87. The van der Waals surface area contributed by atoms with Crippen LogP contribution in [0.1, 0.15) is 78.6 Å². The van der Waals surface area contributed by atoms with Gasteiger partial charge in [-0.2, -0.15) is 0 Å². The van der Waals surface area contributed by atoms with Crippen LogP contribution in [-0.4, -0.2) is 11.6 Å². The van der Waals surface area contributed by atoms with Crippen molar-refractivity contribution in [3.05, 3.63) is 0 Å². The maximum absolute atomic E-state index is 12.4. The minimum atomic E-state index is -0.0181. The van der Waals surface area contributed by atoms with E-state index in [-0.39, 0.29) is 10.8 Å². The summed E-state index contributed by atoms with van der Waals surface area (Å²) >= 11 is 0. The molecule has 0 heterocycles. The van der Waals surface area contributed by atoms with Gasteiger partial charge in [-0.25, -0.2) is 0 Å². The van der Waals surface area contributed by atoms with E-state index < -0.39 is 0 Å². The molecule has 0 amide bonds. The van der Waals surface area contributed by atoms with Crippen LogP contribution in [0.25, 0.3) is 0 Å². The van der Waals surface area contributed by atoms with Gasteiger partial charge in [-0.15, -0.1) is 0 Å². The van der Waals surface area contributed by atoms with Crippen molar-refractivity contribution in [3.8, 4) is 0 Å². The first kappa shape index (κ1) is 14.9. The average molecular weight is 302 g/mol. The third-order valence-electron chi connectivity index (χ3n) is 8.88. The summed E-state index contributed by atoms with van der Waals surface area (Å²) in [5.41, 5.74) is 0.506. The number of carbonyl (C=O) groups is 2. The topological polar surface area (TPSA) is 34.1 Å². The lowest BCUT2D eigenvalue weighted by molar-refractivity contribution is -0.163. The Labute approximate surface area is 134 Å². The van der Waals surface area contributed by atoms with Crippen LogP contribution in [0.5, 0.6) is 0 Å². The molecule has 0 saturated heterocycles. The molecular formula is C20H30O2. The molecule has 0 N–H and O–H groups in total. The van der Waals surface area contributed by atoms with Gasteiger partial charge in [0.25, 0.3) is 0 Å². The van der Waals surface area contributed by atoms with Crippen LogP contribution in [0.2, 0.25) is 0 Å². The van der Waals surface area contributed by atoms with Crippen molar-refractivity contribution in [1.82, 2.24) is 0 Å². The first-order chi connectivity index (χ1) is 10.3. The Kier molecular flexibility index (Phi) is 3.02. The van der Waals surface area contributed by atoms with Crippen molar-refractivity contribution in [3.63, 3.8) is 0 Å². The second-order valence-electron chi connectivity index (χ2n) is 9.53. The zero-order valence-corrected chi connectivity index (χ0v) is 14.4. The Morgan fingerprint density at radius 2 is 1.64 bits per heavy atom. The standard InChI is InChI=1S/C20H30O2/c1-18-9-7-14-15-4-5-17(22)19(15,2)10-8-16(14)20(18,3)11-6-13(21)12-18/h14-16H,4-12H2,1-3H3/t14-,15-,16-,18?,19-,20+/m0/s1. The molecule has 22 heavy (non-hydrogen) atoms. The van der Waals surface area contributed by atoms with Gasteiger partial charge in [0.1, 0.15) is 11.6 Å². The van der Waals surface area contributed by atoms with Gasteiger partial charge in [0, 0.05) is 24.7 Å². The van der Waals surface area contributed by atoms with E-state index in [2.05, 4.69) is 20.8 Å². The summed E-state index contributed by atoms with van der Waals surface area (Å²) in [4.78, 5) is 24.5. The second-order valence-corrected chi connectivity index (χ2v) is 9.53. The predicted molar refractivity (Wildman–Crippen MR) is 86.4 cm³/mol. The summed E-state index contributed by atoms with van der Waals surface area (Å²) in [5, 5.41) is 0. The van der Waals surface area contributed by atoms with E-state index in [0.717, 1.165) is 50.4 Å². The molecular weight excluding hydrogens is 272 g/mol. The maximum atomic E-state index is 12.4. The predicted octanol–water partition coefficient (Wildman–Crippen LogP) is 4.56. The van der Waals surface area contributed by atoms with Gasteiger partial charge in [-0.3, -0.25) is 9.59 Å². The molecule has 0 radical (unpaired) electrons. The molecule has 4 aliphatic rings. The smallest absolute Gasteiger partial charge is 0.139 e. The molecule has 0 spiro atoms. The van der Waals surface area contributed by atoms with Crippen LogP contribution in [-0.2, 0) is 9.59 Å². The Hall–Kier alpha value is -0.660. The molecule has 0 aliphatic heterocycles. The first-order valence-corrected chi connectivity index (χ1v) is 9.35. The van der Waals surface area contributed by atoms with E-state index >= 15 is 0 Å². The second kappa shape index (κ2) is 4.45. The number of hydrogen-bond acceptors (Lipinski definition) is 2. The molecule has 122 valence electrons. The van der Waals surface area contributed by atoms with Gasteiger partial charge in [0.15, 0.2) is 0 Å². The third-order valence-corrected chi connectivity index (χ3v) is 8.88. The quantitative estimate of drug-likeness (QED) is 0.657. The summed E-state index contributed by atoms with van der Waals surface area (Å²) in [6.07, 6.45) is 9.36. The maximum Gasteiger partial charge on any atom is 0.139 e.